The molecule has 1 fully saturated rings. The summed E-state index contributed by atoms with van der Waals surface area (Å²) >= 11 is 0. The van der Waals surface area contributed by atoms with E-state index in [0.717, 1.165) is 38.5 Å². The van der Waals surface area contributed by atoms with E-state index >= 15 is 0 Å². The predicted octanol–water partition coefficient (Wildman–Crippen LogP) is 9.03. The first-order chi connectivity index (χ1) is 24.8. The topological polar surface area (TPSA) is 143 Å². The minimum atomic E-state index is -1.46. The predicted molar refractivity (Wildman–Crippen MR) is 204 cm³/mol. The van der Waals surface area contributed by atoms with Crippen LogP contribution in [0.2, 0.25) is 0 Å². The van der Waals surface area contributed by atoms with Crippen LogP contribution in [0.5, 0.6) is 0 Å². The highest BCUT2D eigenvalue weighted by atomic mass is 16.6. The Kier molecular flexibility index (Phi) is 31.2. The van der Waals surface area contributed by atoms with Crippen molar-refractivity contribution in [1.82, 2.24) is 0 Å². The average Bonchev–Trinajstić information content (AvgIpc) is 3.13. The van der Waals surface area contributed by atoms with Crippen LogP contribution in [0, 0.1) is 0 Å². The summed E-state index contributed by atoms with van der Waals surface area (Å²) < 4.78 is 16.9. The fourth-order valence-electron chi connectivity index (χ4n) is 7.02. The molecular formula is C42H80O9. The Hall–Kier alpha value is -1.26. The molecule has 1 heterocycles. The van der Waals surface area contributed by atoms with E-state index in [1.807, 2.05) is 0 Å². The van der Waals surface area contributed by atoms with Crippen molar-refractivity contribution >= 4 is 11.9 Å². The lowest BCUT2D eigenvalue weighted by Gasteiger charge is -2.40. The molecule has 0 radical (unpaired) electrons. The summed E-state index contributed by atoms with van der Waals surface area (Å²) in [5.74, 6) is -0.659. The second-order valence-corrected chi connectivity index (χ2v) is 15.2. The number of esters is 2. The van der Waals surface area contributed by atoms with Gasteiger partial charge in [-0.3, -0.25) is 9.59 Å². The number of aliphatic hydroxyl groups excluding tert-OH is 4. The molecule has 1 saturated heterocycles. The summed E-state index contributed by atoms with van der Waals surface area (Å²) in [5.41, 5.74) is 0. The molecule has 302 valence electrons. The minimum absolute atomic E-state index is 0.0843. The van der Waals surface area contributed by atoms with Gasteiger partial charge in [0.2, 0.25) is 0 Å². The molecule has 0 aromatic rings. The Balaban J connectivity index is 2.35. The number of carbonyl (C=O) groups is 2. The van der Waals surface area contributed by atoms with Crippen LogP contribution in [-0.2, 0) is 23.8 Å². The summed E-state index contributed by atoms with van der Waals surface area (Å²) in [4.78, 5) is 25.3. The van der Waals surface area contributed by atoms with E-state index in [4.69, 9.17) is 14.2 Å². The molecule has 6 atom stereocenters. The first-order valence-corrected chi connectivity index (χ1v) is 21.5. The van der Waals surface area contributed by atoms with Crippen LogP contribution in [0.25, 0.3) is 0 Å². The summed E-state index contributed by atoms with van der Waals surface area (Å²) in [6.45, 7) is 3.91. The highest BCUT2D eigenvalue weighted by Gasteiger charge is 2.43. The lowest BCUT2D eigenvalue weighted by Crippen LogP contribution is -2.58. The van der Waals surface area contributed by atoms with E-state index < -0.39 is 43.2 Å². The maximum atomic E-state index is 12.8. The molecule has 1 rings (SSSR count). The molecule has 0 amide bonds. The number of hydrogen-bond donors (Lipinski definition) is 4. The number of rotatable bonds is 35. The first-order valence-electron chi connectivity index (χ1n) is 21.5. The van der Waals surface area contributed by atoms with Crippen molar-refractivity contribution in [3.8, 4) is 0 Å². The second kappa shape index (κ2) is 33.3. The Morgan fingerprint density at radius 3 is 1.31 bits per heavy atom. The molecule has 4 N–H and O–H groups in total. The van der Waals surface area contributed by atoms with Crippen LogP contribution in [0.1, 0.15) is 206 Å². The molecule has 1 aliphatic heterocycles. The zero-order valence-electron chi connectivity index (χ0n) is 32.9. The maximum Gasteiger partial charge on any atom is 0.306 e. The summed E-state index contributed by atoms with van der Waals surface area (Å²) in [6, 6.07) is 0. The van der Waals surface area contributed by atoms with E-state index in [2.05, 4.69) is 13.8 Å². The average molecular weight is 729 g/mol. The van der Waals surface area contributed by atoms with E-state index in [1.54, 1.807) is 0 Å². The molecule has 0 aromatic carbocycles. The van der Waals surface area contributed by atoms with Crippen molar-refractivity contribution in [1.29, 1.82) is 0 Å². The third-order valence-corrected chi connectivity index (χ3v) is 10.5. The quantitative estimate of drug-likeness (QED) is 0.0371. The zero-order valence-corrected chi connectivity index (χ0v) is 32.9. The third kappa shape index (κ3) is 25.4. The van der Waals surface area contributed by atoms with Crippen LogP contribution in [0.15, 0.2) is 0 Å². The van der Waals surface area contributed by atoms with Crippen molar-refractivity contribution in [3.63, 3.8) is 0 Å². The zero-order chi connectivity index (χ0) is 37.4. The number of unbranched alkanes of at least 4 members (excludes halogenated alkanes) is 24. The van der Waals surface area contributed by atoms with Gasteiger partial charge in [0, 0.05) is 12.8 Å². The third-order valence-electron chi connectivity index (χ3n) is 10.5. The first kappa shape index (κ1) is 47.8. The molecule has 0 aliphatic carbocycles. The minimum Gasteiger partial charge on any atom is -0.462 e. The molecule has 9 heteroatoms. The summed E-state index contributed by atoms with van der Waals surface area (Å²) in [5, 5.41) is 40.3. The molecule has 9 nitrogen and oxygen atoms in total. The monoisotopic (exact) mass is 729 g/mol. The fourth-order valence-corrected chi connectivity index (χ4v) is 7.02. The van der Waals surface area contributed by atoms with E-state index in [-0.39, 0.29) is 31.4 Å². The van der Waals surface area contributed by atoms with E-state index in [9.17, 15) is 30.0 Å². The molecule has 0 aromatic heterocycles. The lowest BCUT2D eigenvalue weighted by atomic mass is 9.92. The SMILES string of the molecule is CCCCCCCCCCCCCCCC(=O)OCC(CC[C@@H]1O[C@H](CO)[C@@H](O)[C@H](O)[C@H]1O)OC(=O)CCCCCCCCCCCCCCC. The molecule has 1 unspecified atom stereocenters. The van der Waals surface area contributed by atoms with Crippen LogP contribution >= 0.6 is 0 Å². The van der Waals surface area contributed by atoms with Gasteiger partial charge in [-0.05, 0) is 25.7 Å². The normalized spacial score (nSPS) is 21.1. The smallest absolute Gasteiger partial charge is 0.306 e. The van der Waals surface area contributed by atoms with E-state index in [1.165, 1.54) is 128 Å². The van der Waals surface area contributed by atoms with E-state index in [0.29, 0.717) is 12.8 Å². The van der Waals surface area contributed by atoms with Gasteiger partial charge in [-0.1, -0.05) is 168 Å². The Morgan fingerprint density at radius 2 is 0.902 bits per heavy atom. The molecule has 0 bridgehead atoms. The lowest BCUT2D eigenvalue weighted by molar-refractivity contribution is -0.231. The van der Waals surface area contributed by atoms with Gasteiger partial charge >= 0.3 is 11.9 Å². The van der Waals surface area contributed by atoms with Gasteiger partial charge in [-0.15, -0.1) is 0 Å². The molecule has 1 aliphatic rings. The number of aliphatic hydroxyl groups is 4. The van der Waals surface area contributed by atoms with Crippen molar-refractivity contribution in [2.75, 3.05) is 13.2 Å². The highest BCUT2D eigenvalue weighted by molar-refractivity contribution is 5.70. The fraction of sp³-hybridized carbons (Fsp3) is 0.952. The van der Waals surface area contributed by atoms with Gasteiger partial charge in [0.15, 0.2) is 0 Å². The number of ether oxygens (including phenoxy) is 3. The van der Waals surface area contributed by atoms with Gasteiger partial charge < -0.3 is 34.6 Å². The van der Waals surface area contributed by atoms with Gasteiger partial charge in [-0.25, -0.2) is 0 Å². The molecule has 0 spiro atoms. The Bertz CT molecular complexity index is 807. The van der Waals surface area contributed by atoms with Crippen molar-refractivity contribution in [2.45, 2.75) is 243 Å². The summed E-state index contributed by atoms with van der Waals surface area (Å²) in [6.07, 6.45) is 26.1. The van der Waals surface area contributed by atoms with Crippen molar-refractivity contribution < 1.29 is 44.2 Å². The summed E-state index contributed by atoms with van der Waals surface area (Å²) in [7, 11) is 0. The van der Waals surface area contributed by atoms with Gasteiger partial charge in [0.25, 0.3) is 0 Å². The van der Waals surface area contributed by atoms with Gasteiger partial charge in [0.05, 0.1) is 12.7 Å². The van der Waals surface area contributed by atoms with Crippen molar-refractivity contribution in [2.24, 2.45) is 0 Å². The molecule has 51 heavy (non-hydrogen) atoms. The van der Waals surface area contributed by atoms with Gasteiger partial charge in [-0.2, -0.15) is 0 Å². The maximum absolute atomic E-state index is 12.8. The Morgan fingerprint density at radius 1 is 0.529 bits per heavy atom. The number of hydrogen-bond acceptors (Lipinski definition) is 9. The number of carbonyl (C=O) groups excluding carboxylic acids is 2. The largest absolute Gasteiger partial charge is 0.462 e. The second-order valence-electron chi connectivity index (χ2n) is 15.2. The van der Waals surface area contributed by atoms with Crippen LogP contribution < -0.4 is 0 Å². The molecular weight excluding hydrogens is 648 g/mol. The highest BCUT2D eigenvalue weighted by Crippen LogP contribution is 2.25. The van der Waals surface area contributed by atoms with Crippen LogP contribution in [0.4, 0.5) is 0 Å². The molecule has 0 saturated carbocycles. The van der Waals surface area contributed by atoms with Crippen LogP contribution in [0.3, 0.4) is 0 Å². The van der Waals surface area contributed by atoms with Crippen LogP contribution in [-0.4, -0.2) is 82.2 Å². The standard InChI is InChI=1S/C42H80O9/c1-3-5-7-9-11-13-15-17-19-21-23-25-27-29-38(44)49-34-35(31-32-36-40(46)42(48)41(47)37(33-43)51-36)50-39(45)30-28-26-24-22-20-18-16-14-12-10-8-6-4-2/h35-37,40-43,46-48H,3-34H2,1-2H3/t35?,36-,37+,40-,41+,42+/m0/s1. The van der Waals surface area contributed by atoms with Crippen molar-refractivity contribution in [3.05, 3.63) is 0 Å². The Labute approximate surface area is 312 Å². The van der Waals surface area contributed by atoms with Gasteiger partial charge in [0.1, 0.15) is 37.1 Å².